The first-order valence-corrected chi connectivity index (χ1v) is 6.96. The molecule has 0 aromatic heterocycles. The number of primary amides is 1. The zero-order chi connectivity index (χ0) is 12.5. The van der Waals surface area contributed by atoms with E-state index in [2.05, 4.69) is 10.2 Å². The van der Waals surface area contributed by atoms with Gasteiger partial charge in [0.1, 0.15) is 0 Å². The average molecular weight is 254 g/mol. The SMILES string of the molecule is Cc1cccc(N(C(N)=O)P2(=O)NCCN2)c1. The van der Waals surface area contributed by atoms with Crippen molar-refractivity contribution in [2.75, 3.05) is 17.8 Å². The number of benzene rings is 1. The maximum absolute atomic E-state index is 12.5. The Morgan fingerprint density at radius 3 is 2.59 bits per heavy atom. The highest BCUT2D eigenvalue weighted by Gasteiger charge is 2.37. The van der Waals surface area contributed by atoms with E-state index in [0.717, 1.165) is 10.2 Å². The summed E-state index contributed by atoms with van der Waals surface area (Å²) >= 11 is 0. The molecular formula is C10H15N4O2P. The monoisotopic (exact) mass is 254 g/mol. The van der Waals surface area contributed by atoms with E-state index in [9.17, 15) is 9.36 Å². The van der Waals surface area contributed by atoms with Crippen molar-refractivity contribution in [2.45, 2.75) is 6.92 Å². The molecule has 0 aliphatic carbocycles. The minimum absolute atomic E-state index is 0.530. The third-order valence-electron chi connectivity index (χ3n) is 2.51. The molecule has 2 rings (SSSR count). The summed E-state index contributed by atoms with van der Waals surface area (Å²) in [5.41, 5.74) is 6.82. The molecule has 1 aromatic rings. The van der Waals surface area contributed by atoms with Crippen molar-refractivity contribution in [3.8, 4) is 0 Å². The lowest BCUT2D eigenvalue weighted by molar-refractivity contribution is 0.256. The number of rotatable bonds is 2. The molecule has 0 unspecified atom stereocenters. The molecule has 1 aliphatic heterocycles. The van der Waals surface area contributed by atoms with E-state index in [4.69, 9.17) is 5.73 Å². The van der Waals surface area contributed by atoms with Crippen LogP contribution in [0, 0.1) is 6.92 Å². The Hall–Kier alpha value is -1.36. The van der Waals surface area contributed by atoms with E-state index < -0.39 is 13.6 Å². The standard InChI is InChI=1S/C10H15N4O2P/c1-8-3-2-4-9(7-8)14(10(11)15)17(16)12-5-6-13-17/h2-4,7H,5-6H2,1H3,(H2,11,15)(H2,12,13,16). The fourth-order valence-corrected chi connectivity index (χ4v) is 3.75. The topological polar surface area (TPSA) is 87.5 Å². The van der Waals surface area contributed by atoms with Gasteiger partial charge in [0, 0.05) is 13.1 Å². The van der Waals surface area contributed by atoms with Crippen LogP contribution in [0.3, 0.4) is 0 Å². The van der Waals surface area contributed by atoms with Gasteiger partial charge in [-0.15, -0.1) is 0 Å². The lowest BCUT2D eigenvalue weighted by atomic mass is 10.2. The lowest BCUT2D eigenvalue weighted by Crippen LogP contribution is -2.38. The summed E-state index contributed by atoms with van der Waals surface area (Å²) in [5.74, 6) is 0. The largest absolute Gasteiger partial charge is 0.351 e. The Balaban J connectivity index is 2.42. The first kappa shape index (κ1) is 12.1. The summed E-state index contributed by atoms with van der Waals surface area (Å²) in [6, 6.07) is 6.43. The van der Waals surface area contributed by atoms with Gasteiger partial charge in [-0.05, 0) is 24.6 Å². The second kappa shape index (κ2) is 4.49. The minimum Gasteiger partial charge on any atom is -0.351 e. The van der Waals surface area contributed by atoms with Crippen LogP contribution in [0.25, 0.3) is 0 Å². The van der Waals surface area contributed by atoms with Crippen molar-refractivity contribution in [3.63, 3.8) is 0 Å². The predicted molar refractivity (Wildman–Crippen MR) is 66.9 cm³/mol. The quantitative estimate of drug-likeness (QED) is 0.691. The Morgan fingerprint density at radius 2 is 2.06 bits per heavy atom. The third kappa shape index (κ3) is 2.34. The van der Waals surface area contributed by atoms with Crippen molar-refractivity contribution in [1.29, 1.82) is 0 Å². The van der Waals surface area contributed by atoms with E-state index in [1.165, 1.54) is 0 Å². The molecule has 1 fully saturated rings. The van der Waals surface area contributed by atoms with Crippen LogP contribution in [-0.2, 0) is 4.57 Å². The molecule has 2 amide bonds. The van der Waals surface area contributed by atoms with Gasteiger partial charge in [0.05, 0.1) is 5.69 Å². The third-order valence-corrected chi connectivity index (χ3v) is 4.81. The van der Waals surface area contributed by atoms with Crippen LogP contribution in [0.5, 0.6) is 0 Å². The molecule has 4 N–H and O–H groups in total. The van der Waals surface area contributed by atoms with Crippen LogP contribution in [0.2, 0.25) is 0 Å². The Labute approximate surface area is 99.7 Å². The van der Waals surface area contributed by atoms with E-state index in [-0.39, 0.29) is 0 Å². The molecule has 1 aromatic carbocycles. The van der Waals surface area contributed by atoms with Gasteiger partial charge in [0.25, 0.3) is 0 Å². The zero-order valence-electron chi connectivity index (χ0n) is 9.51. The lowest BCUT2D eigenvalue weighted by Gasteiger charge is -2.26. The van der Waals surface area contributed by atoms with Gasteiger partial charge in [-0.25, -0.2) is 19.6 Å². The summed E-state index contributed by atoms with van der Waals surface area (Å²) in [5, 5.41) is 5.60. The van der Waals surface area contributed by atoms with Crippen molar-refractivity contribution >= 4 is 19.3 Å². The van der Waals surface area contributed by atoms with Crippen molar-refractivity contribution in [2.24, 2.45) is 5.73 Å². The normalized spacial score (nSPS) is 17.9. The maximum atomic E-state index is 12.5. The van der Waals surface area contributed by atoms with E-state index in [1.54, 1.807) is 18.2 Å². The summed E-state index contributed by atoms with van der Waals surface area (Å²) < 4.78 is 13.6. The molecule has 0 radical (unpaired) electrons. The number of hydrogen-bond donors (Lipinski definition) is 3. The molecule has 0 bridgehead atoms. The number of anilines is 1. The minimum atomic E-state index is -3.12. The summed E-state index contributed by atoms with van der Waals surface area (Å²) in [4.78, 5) is 11.5. The highest BCUT2D eigenvalue weighted by atomic mass is 31.2. The Bertz CT molecular complexity index is 481. The second-order valence-electron chi connectivity index (χ2n) is 3.88. The smallest absolute Gasteiger partial charge is 0.326 e. The molecule has 7 heteroatoms. The zero-order valence-corrected chi connectivity index (χ0v) is 10.4. The molecule has 92 valence electrons. The molecule has 1 aliphatic rings. The second-order valence-corrected chi connectivity index (χ2v) is 6.07. The number of amides is 2. The fourth-order valence-electron chi connectivity index (χ4n) is 1.80. The van der Waals surface area contributed by atoms with Gasteiger partial charge in [-0.3, -0.25) is 4.57 Å². The van der Waals surface area contributed by atoms with E-state index in [0.29, 0.717) is 18.8 Å². The van der Waals surface area contributed by atoms with Crippen LogP contribution < -0.4 is 20.6 Å². The molecule has 1 heterocycles. The number of aryl methyl sites for hydroxylation is 1. The number of carbonyl (C=O) groups is 1. The first-order chi connectivity index (χ1) is 8.03. The van der Waals surface area contributed by atoms with E-state index in [1.807, 2.05) is 13.0 Å². The number of nitrogens with zero attached hydrogens (tertiary/aromatic N) is 1. The van der Waals surface area contributed by atoms with Crippen LogP contribution >= 0.6 is 7.59 Å². The molecule has 6 nitrogen and oxygen atoms in total. The molecule has 17 heavy (non-hydrogen) atoms. The predicted octanol–water partition coefficient (Wildman–Crippen LogP) is 1.18. The molecular weight excluding hydrogens is 239 g/mol. The molecule has 1 saturated heterocycles. The van der Waals surface area contributed by atoms with Gasteiger partial charge in [-0.1, -0.05) is 12.1 Å². The summed E-state index contributed by atoms with van der Waals surface area (Å²) in [7, 11) is -3.12. The van der Waals surface area contributed by atoms with Gasteiger partial charge in [0.2, 0.25) is 0 Å². The average Bonchev–Trinajstić information content (AvgIpc) is 2.65. The maximum Gasteiger partial charge on any atom is 0.326 e. The molecule has 0 atom stereocenters. The number of nitrogens with one attached hydrogen (secondary N) is 2. The number of urea groups is 1. The summed E-state index contributed by atoms with van der Waals surface area (Å²) in [6.07, 6.45) is 0. The van der Waals surface area contributed by atoms with Crippen LogP contribution in [0.4, 0.5) is 10.5 Å². The number of carbonyl (C=O) groups excluding carboxylic acids is 1. The molecule has 0 saturated carbocycles. The highest BCUT2D eigenvalue weighted by Crippen LogP contribution is 2.46. The highest BCUT2D eigenvalue weighted by molar-refractivity contribution is 7.62. The van der Waals surface area contributed by atoms with Crippen LogP contribution in [0.15, 0.2) is 24.3 Å². The van der Waals surface area contributed by atoms with Gasteiger partial charge in [0.15, 0.2) is 0 Å². The Kier molecular flexibility index (Phi) is 3.19. The number of nitrogens with two attached hydrogens (primary N) is 1. The van der Waals surface area contributed by atoms with Gasteiger partial charge in [-0.2, -0.15) is 0 Å². The van der Waals surface area contributed by atoms with Gasteiger partial charge < -0.3 is 5.73 Å². The van der Waals surface area contributed by atoms with Crippen molar-refractivity contribution < 1.29 is 9.36 Å². The Morgan fingerprint density at radius 1 is 1.41 bits per heavy atom. The van der Waals surface area contributed by atoms with Crippen LogP contribution in [-0.4, -0.2) is 19.1 Å². The summed E-state index contributed by atoms with van der Waals surface area (Å²) in [6.45, 7) is 2.99. The van der Waals surface area contributed by atoms with Crippen molar-refractivity contribution in [3.05, 3.63) is 29.8 Å². The molecule has 0 spiro atoms. The fraction of sp³-hybridized carbons (Fsp3) is 0.300. The van der Waals surface area contributed by atoms with Crippen molar-refractivity contribution in [1.82, 2.24) is 10.2 Å². The number of hydrogen-bond acceptors (Lipinski definition) is 2. The first-order valence-electron chi connectivity index (χ1n) is 5.30. The van der Waals surface area contributed by atoms with E-state index >= 15 is 0 Å². The van der Waals surface area contributed by atoms with Gasteiger partial charge >= 0.3 is 13.6 Å². The van der Waals surface area contributed by atoms with Crippen LogP contribution in [0.1, 0.15) is 5.56 Å².